The fourth-order valence-electron chi connectivity index (χ4n) is 1.59. The lowest BCUT2D eigenvalue weighted by atomic mass is 9.97. The quantitative estimate of drug-likeness (QED) is 0.822. The highest BCUT2D eigenvalue weighted by Gasteiger charge is 2.27. The number of nitrogens with one attached hydrogen (secondary N) is 1. The van der Waals surface area contributed by atoms with Crippen LogP contribution >= 0.6 is 0 Å². The van der Waals surface area contributed by atoms with E-state index in [4.69, 9.17) is 5.73 Å². The molecule has 94 valence electrons. The summed E-state index contributed by atoms with van der Waals surface area (Å²) in [6, 6.07) is 10.0. The van der Waals surface area contributed by atoms with E-state index in [-0.39, 0.29) is 11.9 Å². The van der Waals surface area contributed by atoms with Gasteiger partial charge in [0.25, 0.3) is 0 Å². The van der Waals surface area contributed by atoms with Crippen LogP contribution in [0.1, 0.15) is 45.2 Å². The fraction of sp³-hybridized carbons (Fsp3) is 0.500. The Morgan fingerprint density at radius 1 is 1.35 bits per heavy atom. The van der Waals surface area contributed by atoms with Gasteiger partial charge in [-0.3, -0.25) is 4.79 Å². The second-order valence-corrected chi connectivity index (χ2v) is 4.62. The van der Waals surface area contributed by atoms with Gasteiger partial charge in [0.05, 0.1) is 11.6 Å². The van der Waals surface area contributed by atoms with Crippen molar-refractivity contribution in [3.05, 3.63) is 35.9 Å². The second kappa shape index (κ2) is 5.82. The third-order valence-corrected chi connectivity index (χ3v) is 3.17. The van der Waals surface area contributed by atoms with Crippen LogP contribution in [0.3, 0.4) is 0 Å². The summed E-state index contributed by atoms with van der Waals surface area (Å²) in [6.45, 7) is 5.74. The van der Waals surface area contributed by atoms with Crippen LogP contribution in [-0.4, -0.2) is 11.4 Å². The molecule has 0 aliphatic carbocycles. The normalized spacial score (nSPS) is 16.0. The molecule has 0 aromatic heterocycles. The van der Waals surface area contributed by atoms with Gasteiger partial charge in [0.15, 0.2) is 0 Å². The minimum atomic E-state index is -0.789. The summed E-state index contributed by atoms with van der Waals surface area (Å²) in [5, 5.41) is 3.01. The highest BCUT2D eigenvalue weighted by atomic mass is 16.2. The predicted octanol–water partition coefficient (Wildman–Crippen LogP) is 2.38. The monoisotopic (exact) mass is 234 g/mol. The second-order valence-electron chi connectivity index (χ2n) is 4.62. The van der Waals surface area contributed by atoms with Gasteiger partial charge in [-0.2, -0.15) is 0 Å². The Morgan fingerprint density at radius 3 is 2.41 bits per heavy atom. The van der Waals surface area contributed by atoms with Gasteiger partial charge in [-0.25, -0.2) is 0 Å². The summed E-state index contributed by atoms with van der Waals surface area (Å²) < 4.78 is 0. The largest absolute Gasteiger partial charge is 0.348 e. The molecule has 1 amide bonds. The Balaban J connectivity index is 2.75. The summed E-state index contributed by atoms with van der Waals surface area (Å²) >= 11 is 0. The van der Waals surface area contributed by atoms with E-state index in [0.717, 1.165) is 12.0 Å². The van der Waals surface area contributed by atoms with E-state index in [9.17, 15) is 4.79 Å². The molecule has 0 bridgehead atoms. The van der Waals surface area contributed by atoms with E-state index in [1.807, 2.05) is 37.3 Å². The molecule has 2 atom stereocenters. The van der Waals surface area contributed by atoms with Gasteiger partial charge >= 0.3 is 0 Å². The Morgan fingerprint density at radius 2 is 1.94 bits per heavy atom. The number of carbonyl (C=O) groups excluding carboxylic acids is 1. The van der Waals surface area contributed by atoms with Crippen LogP contribution < -0.4 is 11.1 Å². The zero-order valence-corrected chi connectivity index (χ0v) is 10.9. The van der Waals surface area contributed by atoms with Crippen molar-refractivity contribution < 1.29 is 4.79 Å². The van der Waals surface area contributed by atoms with Crippen molar-refractivity contribution in [2.45, 2.75) is 45.2 Å². The number of benzene rings is 1. The Labute approximate surface area is 103 Å². The molecule has 1 aromatic carbocycles. The molecule has 17 heavy (non-hydrogen) atoms. The Bertz CT molecular complexity index is 360. The molecule has 0 aliphatic heterocycles. The standard InChI is InChI=1S/C14H22N2O/c1-4-12(11-9-7-6-8-10-11)16-13(17)14(3,15)5-2/h6-10,12H,4-5,15H2,1-3H3,(H,16,17). The van der Waals surface area contributed by atoms with Crippen LogP contribution in [0.2, 0.25) is 0 Å². The highest BCUT2D eigenvalue weighted by Crippen LogP contribution is 2.17. The SMILES string of the molecule is CCC(NC(=O)C(C)(N)CC)c1ccccc1. The van der Waals surface area contributed by atoms with Crippen LogP contribution in [0.25, 0.3) is 0 Å². The first kappa shape index (κ1) is 13.7. The van der Waals surface area contributed by atoms with Crippen molar-refractivity contribution in [1.29, 1.82) is 0 Å². The zero-order chi connectivity index (χ0) is 12.9. The van der Waals surface area contributed by atoms with Gasteiger partial charge in [0.1, 0.15) is 0 Å². The van der Waals surface area contributed by atoms with E-state index in [0.29, 0.717) is 6.42 Å². The lowest BCUT2D eigenvalue weighted by molar-refractivity contribution is -0.126. The van der Waals surface area contributed by atoms with E-state index < -0.39 is 5.54 Å². The van der Waals surface area contributed by atoms with Gasteiger partial charge in [0.2, 0.25) is 5.91 Å². The smallest absolute Gasteiger partial charge is 0.240 e. The highest BCUT2D eigenvalue weighted by molar-refractivity contribution is 5.85. The maximum atomic E-state index is 12.0. The Kier molecular flexibility index (Phi) is 4.70. The lowest BCUT2D eigenvalue weighted by Gasteiger charge is -2.26. The minimum absolute atomic E-state index is 0.0399. The van der Waals surface area contributed by atoms with Crippen LogP contribution in [0.5, 0.6) is 0 Å². The maximum absolute atomic E-state index is 12.0. The molecule has 1 rings (SSSR count). The molecule has 1 aromatic rings. The van der Waals surface area contributed by atoms with Crippen LogP contribution in [-0.2, 0) is 4.79 Å². The van der Waals surface area contributed by atoms with Gasteiger partial charge in [-0.15, -0.1) is 0 Å². The number of carbonyl (C=O) groups is 1. The average Bonchev–Trinajstić information content (AvgIpc) is 2.36. The fourth-order valence-corrected chi connectivity index (χ4v) is 1.59. The summed E-state index contributed by atoms with van der Waals surface area (Å²) in [7, 11) is 0. The van der Waals surface area contributed by atoms with Gasteiger partial charge in [-0.05, 0) is 25.3 Å². The first-order valence-corrected chi connectivity index (χ1v) is 6.16. The van der Waals surface area contributed by atoms with E-state index >= 15 is 0 Å². The first-order chi connectivity index (χ1) is 8.01. The summed E-state index contributed by atoms with van der Waals surface area (Å²) in [6.07, 6.45) is 1.49. The number of nitrogens with two attached hydrogens (primary N) is 1. The molecule has 2 unspecified atom stereocenters. The molecule has 0 saturated carbocycles. The topological polar surface area (TPSA) is 55.1 Å². The molecule has 0 saturated heterocycles. The van der Waals surface area contributed by atoms with E-state index in [2.05, 4.69) is 12.2 Å². The molecule has 0 spiro atoms. The molecular formula is C14H22N2O. The Hall–Kier alpha value is -1.35. The molecule has 3 heteroatoms. The third kappa shape index (κ3) is 3.56. The zero-order valence-electron chi connectivity index (χ0n) is 10.9. The van der Waals surface area contributed by atoms with Crippen LogP contribution in [0, 0.1) is 0 Å². The van der Waals surface area contributed by atoms with E-state index in [1.54, 1.807) is 6.92 Å². The summed E-state index contributed by atoms with van der Waals surface area (Å²) in [5.74, 6) is -0.0873. The molecule has 0 aliphatic rings. The van der Waals surface area contributed by atoms with Crippen molar-refractivity contribution in [2.75, 3.05) is 0 Å². The van der Waals surface area contributed by atoms with Crippen molar-refractivity contribution >= 4 is 5.91 Å². The molecule has 3 N–H and O–H groups in total. The first-order valence-electron chi connectivity index (χ1n) is 6.16. The number of amides is 1. The van der Waals surface area contributed by atoms with Crippen LogP contribution in [0.4, 0.5) is 0 Å². The predicted molar refractivity (Wildman–Crippen MR) is 70.5 cm³/mol. The average molecular weight is 234 g/mol. The van der Waals surface area contributed by atoms with Gasteiger partial charge in [-0.1, -0.05) is 44.2 Å². The molecule has 3 nitrogen and oxygen atoms in total. The van der Waals surface area contributed by atoms with Gasteiger partial charge in [0, 0.05) is 0 Å². The molecular weight excluding hydrogens is 212 g/mol. The molecule has 0 heterocycles. The van der Waals surface area contributed by atoms with Crippen molar-refractivity contribution in [3.8, 4) is 0 Å². The minimum Gasteiger partial charge on any atom is -0.348 e. The molecule has 0 radical (unpaired) electrons. The summed E-state index contributed by atoms with van der Waals surface area (Å²) in [4.78, 5) is 12.0. The summed E-state index contributed by atoms with van der Waals surface area (Å²) in [5.41, 5.74) is 6.26. The van der Waals surface area contributed by atoms with Gasteiger partial charge < -0.3 is 11.1 Å². The third-order valence-electron chi connectivity index (χ3n) is 3.17. The number of hydrogen-bond donors (Lipinski definition) is 2. The molecule has 0 fully saturated rings. The van der Waals surface area contributed by atoms with Crippen molar-refractivity contribution in [3.63, 3.8) is 0 Å². The number of rotatable bonds is 5. The van der Waals surface area contributed by atoms with Crippen molar-refractivity contribution in [2.24, 2.45) is 5.73 Å². The van der Waals surface area contributed by atoms with Crippen LogP contribution in [0.15, 0.2) is 30.3 Å². The number of hydrogen-bond acceptors (Lipinski definition) is 2. The van der Waals surface area contributed by atoms with Crippen molar-refractivity contribution in [1.82, 2.24) is 5.32 Å². The van der Waals surface area contributed by atoms with E-state index in [1.165, 1.54) is 0 Å². The maximum Gasteiger partial charge on any atom is 0.240 e. The lowest BCUT2D eigenvalue weighted by Crippen LogP contribution is -2.51.